The van der Waals surface area contributed by atoms with Gasteiger partial charge in [0.1, 0.15) is 11.8 Å². The van der Waals surface area contributed by atoms with E-state index in [0.29, 0.717) is 22.6 Å². The molecule has 0 saturated carbocycles. The predicted octanol–water partition coefficient (Wildman–Crippen LogP) is 4.13. The van der Waals surface area contributed by atoms with Crippen LogP contribution in [0.3, 0.4) is 0 Å². The van der Waals surface area contributed by atoms with Crippen LogP contribution in [-0.4, -0.2) is 22.5 Å². The number of anilines is 2. The van der Waals surface area contributed by atoms with E-state index in [0.717, 1.165) is 12.1 Å². The Morgan fingerprint density at radius 1 is 1.04 bits per heavy atom. The summed E-state index contributed by atoms with van der Waals surface area (Å²) in [5, 5.41) is 19.1. The summed E-state index contributed by atoms with van der Waals surface area (Å²) in [4.78, 5) is 1.63. The summed E-state index contributed by atoms with van der Waals surface area (Å²) in [7, 11) is 1.67. The number of aromatic nitrogens is 3. The van der Waals surface area contributed by atoms with Gasteiger partial charge in [-0.05, 0) is 30.3 Å². The Morgan fingerprint density at radius 2 is 1.72 bits per heavy atom. The lowest BCUT2D eigenvalue weighted by Gasteiger charge is -2.21. The maximum Gasteiger partial charge on any atom is 0.416 e. The van der Waals surface area contributed by atoms with Crippen LogP contribution in [-0.2, 0) is 6.18 Å². The predicted molar refractivity (Wildman–Crippen MR) is 86.0 cm³/mol. The molecule has 0 atom stereocenters. The molecular weight excluding hydrogens is 331 g/mol. The van der Waals surface area contributed by atoms with E-state index in [1.165, 1.54) is 6.07 Å². The monoisotopic (exact) mass is 343 g/mol. The van der Waals surface area contributed by atoms with E-state index >= 15 is 0 Å². The topological polar surface area (TPSA) is 68.6 Å². The Bertz CT molecular complexity index is 940. The summed E-state index contributed by atoms with van der Waals surface area (Å²) >= 11 is 0. The third kappa shape index (κ3) is 3.30. The Kier molecular flexibility index (Phi) is 4.15. The zero-order chi connectivity index (χ0) is 18.0. The molecule has 0 fully saturated rings. The van der Waals surface area contributed by atoms with Crippen LogP contribution in [0.5, 0.6) is 0 Å². The van der Waals surface area contributed by atoms with Gasteiger partial charge in [0.2, 0.25) is 0 Å². The second kappa shape index (κ2) is 6.28. The molecule has 3 aromatic rings. The number of hydrogen-bond donors (Lipinski definition) is 1. The van der Waals surface area contributed by atoms with E-state index in [2.05, 4.69) is 15.4 Å². The van der Waals surface area contributed by atoms with Crippen LogP contribution in [0.2, 0.25) is 0 Å². The Morgan fingerprint density at radius 3 is 2.40 bits per heavy atom. The van der Waals surface area contributed by atoms with Gasteiger partial charge in [-0.2, -0.15) is 28.7 Å². The van der Waals surface area contributed by atoms with Crippen LogP contribution >= 0.6 is 0 Å². The highest BCUT2D eigenvalue weighted by Crippen LogP contribution is 2.34. The quantitative estimate of drug-likeness (QED) is 0.776. The molecule has 1 N–H and O–H groups in total. The number of alkyl halides is 3. The van der Waals surface area contributed by atoms with E-state index in [1.54, 1.807) is 42.3 Å². The molecule has 0 radical (unpaired) electrons. The third-order valence-electron chi connectivity index (χ3n) is 3.72. The lowest BCUT2D eigenvalue weighted by Crippen LogP contribution is -2.12. The van der Waals surface area contributed by atoms with Gasteiger partial charge in [-0.15, -0.1) is 5.10 Å². The lowest BCUT2D eigenvalue weighted by atomic mass is 10.1. The first kappa shape index (κ1) is 16.5. The zero-order valence-electron chi connectivity index (χ0n) is 13.0. The molecule has 0 bridgehead atoms. The highest BCUT2D eigenvalue weighted by Gasteiger charge is 2.30. The first-order valence-corrected chi connectivity index (χ1v) is 7.22. The van der Waals surface area contributed by atoms with E-state index < -0.39 is 11.7 Å². The molecule has 126 valence electrons. The van der Waals surface area contributed by atoms with Crippen molar-refractivity contribution in [3.63, 3.8) is 0 Å². The van der Waals surface area contributed by atoms with E-state index in [4.69, 9.17) is 5.26 Å². The lowest BCUT2D eigenvalue weighted by molar-refractivity contribution is -0.137. The minimum absolute atomic E-state index is 0.152. The van der Waals surface area contributed by atoms with E-state index in [-0.39, 0.29) is 5.69 Å². The van der Waals surface area contributed by atoms with Crippen LogP contribution in [0.25, 0.3) is 11.3 Å². The molecule has 3 rings (SSSR count). The maximum atomic E-state index is 12.9. The van der Waals surface area contributed by atoms with Crippen LogP contribution in [0.4, 0.5) is 24.5 Å². The zero-order valence-corrected chi connectivity index (χ0v) is 13.0. The highest BCUT2D eigenvalue weighted by atomic mass is 19.4. The molecule has 2 aromatic carbocycles. The first-order chi connectivity index (χ1) is 11.9. The molecule has 1 aromatic heterocycles. The average Bonchev–Trinajstić information content (AvgIpc) is 3.09. The van der Waals surface area contributed by atoms with E-state index in [1.807, 2.05) is 6.07 Å². The van der Waals surface area contributed by atoms with Crippen molar-refractivity contribution in [3.05, 3.63) is 59.8 Å². The van der Waals surface area contributed by atoms with Gasteiger partial charge >= 0.3 is 6.18 Å². The van der Waals surface area contributed by atoms with Crippen molar-refractivity contribution >= 4 is 11.4 Å². The molecule has 0 aliphatic carbocycles. The molecular formula is C17H12F3N5. The van der Waals surface area contributed by atoms with Crippen molar-refractivity contribution in [2.75, 3.05) is 11.9 Å². The summed E-state index contributed by atoms with van der Waals surface area (Å²) in [6.07, 6.45) is -4.40. The molecule has 0 unspecified atom stereocenters. The summed E-state index contributed by atoms with van der Waals surface area (Å²) in [5.74, 6) is 0. The van der Waals surface area contributed by atoms with Gasteiger partial charge in [0.25, 0.3) is 0 Å². The number of hydrogen-bond acceptors (Lipinski definition) is 4. The molecule has 1 heterocycles. The number of nitriles is 1. The van der Waals surface area contributed by atoms with Gasteiger partial charge in [-0.1, -0.05) is 18.2 Å². The normalized spacial score (nSPS) is 11.2. The van der Waals surface area contributed by atoms with Gasteiger partial charge in [0.15, 0.2) is 5.69 Å². The fourth-order valence-electron chi connectivity index (χ4n) is 2.41. The second-order valence-corrected chi connectivity index (χ2v) is 5.29. The second-order valence-electron chi connectivity index (χ2n) is 5.29. The number of halogens is 3. The summed E-state index contributed by atoms with van der Waals surface area (Å²) in [6.45, 7) is 0. The number of benzene rings is 2. The van der Waals surface area contributed by atoms with Crippen molar-refractivity contribution in [1.29, 1.82) is 5.26 Å². The summed E-state index contributed by atoms with van der Waals surface area (Å²) < 4.78 is 38.7. The Hall–Kier alpha value is -3.34. The van der Waals surface area contributed by atoms with Crippen LogP contribution in [0.1, 0.15) is 11.3 Å². The summed E-state index contributed by atoms with van der Waals surface area (Å²) in [6, 6.07) is 14.0. The smallest absolute Gasteiger partial charge is 0.345 e. The minimum Gasteiger partial charge on any atom is -0.345 e. The molecule has 0 aliphatic rings. The number of aromatic amines is 1. The van der Waals surface area contributed by atoms with Crippen molar-refractivity contribution in [2.45, 2.75) is 6.18 Å². The fraction of sp³-hybridized carbons (Fsp3) is 0.118. The maximum absolute atomic E-state index is 12.9. The highest BCUT2D eigenvalue weighted by molar-refractivity contribution is 5.72. The van der Waals surface area contributed by atoms with Crippen LogP contribution < -0.4 is 4.90 Å². The number of H-pyrrole nitrogens is 1. The minimum atomic E-state index is -4.40. The van der Waals surface area contributed by atoms with Crippen molar-refractivity contribution in [1.82, 2.24) is 15.4 Å². The van der Waals surface area contributed by atoms with Crippen molar-refractivity contribution in [3.8, 4) is 17.3 Å². The van der Waals surface area contributed by atoms with Gasteiger partial charge in [-0.3, -0.25) is 0 Å². The molecule has 0 saturated heterocycles. The van der Waals surface area contributed by atoms with Gasteiger partial charge in [-0.25, -0.2) is 0 Å². The standard InChI is InChI=1S/C17H12F3N5/c1-25(14-7-3-5-12(9-14)17(18,19)20)13-6-2-4-11(8-13)16-15(10-21)22-24-23-16/h2-9H,1H3,(H,22,23,24). The Labute approximate surface area is 141 Å². The van der Waals surface area contributed by atoms with Gasteiger partial charge in [0, 0.05) is 24.0 Å². The van der Waals surface area contributed by atoms with Crippen LogP contribution in [0, 0.1) is 11.3 Å². The van der Waals surface area contributed by atoms with Crippen molar-refractivity contribution < 1.29 is 13.2 Å². The number of nitrogens with one attached hydrogen (secondary N) is 1. The molecule has 0 amide bonds. The SMILES string of the molecule is CN(c1cccc(-c2n[nH]nc2C#N)c1)c1cccc(C(F)(F)F)c1. The third-order valence-corrected chi connectivity index (χ3v) is 3.72. The largest absolute Gasteiger partial charge is 0.416 e. The van der Waals surface area contributed by atoms with Crippen LogP contribution in [0.15, 0.2) is 48.5 Å². The first-order valence-electron chi connectivity index (χ1n) is 7.22. The molecule has 5 nitrogen and oxygen atoms in total. The Balaban J connectivity index is 1.98. The molecule has 8 heteroatoms. The van der Waals surface area contributed by atoms with Crippen molar-refractivity contribution in [2.24, 2.45) is 0 Å². The number of nitrogens with zero attached hydrogens (tertiary/aromatic N) is 4. The average molecular weight is 343 g/mol. The molecule has 0 spiro atoms. The van der Waals surface area contributed by atoms with E-state index in [9.17, 15) is 13.2 Å². The summed E-state index contributed by atoms with van der Waals surface area (Å²) in [5.41, 5.74) is 1.52. The molecule has 0 aliphatic heterocycles. The number of rotatable bonds is 3. The van der Waals surface area contributed by atoms with Gasteiger partial charge in [0.05, 0.1) is 5.56 Å². The molecule has 25 heavy (non-hydrogen) atoms. The fourth-order valence-corrected chi connectivity index (χ4v) is 2.41. The van der Waals surface area contributed by atoms with Gasteiger partial charge < -0.3 is 4.90 Å².